The van der Waals surface area contributed by atoms with Gasteiger partial charge in [0, 0.05) is 23.9 Å². The van der Waals surface area contributed by atoms with Crippen molar-refractivity contribution in [3.63, 3.8) is 0 Å². The number of nitrogens with one attached hydrogen (secondary N) is 5. The van der Waals surface area contributed by atoms with Crippen LogP contribution in [0.2, 0.25) is 0 Å². The van der Waals surface area contributed by atoms with Crippen LogP contribution in [0.15, 0.2) is 24.4 Å². The Kier molecular flexibility index (Phi) is 9.23. The molecule has 0 radical (unpaired) electrons. The summed E-state index contributed by atoms with van der Waals surface area (Å²) in [6, 6.07) is 1.10. The molecule has 1 aliphatic heterocycles. The van der Waals surface area contributed by atoms with E-state index in [-0.39, 0.29) is 12.2 Å². The molecule has 1 aromatic heterocycles. The molecule has 0 saturated carbocycles. The number of aromatic nitrogens is 1. The van der Waals surface area contributed by atoms with E-state index in [1.165, 1.54) is 31.3 Å². The summed E-state index contributed by atoms with van der Waals surface area (Å²) in [6.07, 6.45) is 2.01. The van der Waals surface area contributed by atoms with Gasteiger partial charge in [-0.3, -0.25) is 24.0 Å². The number of nitrogens with zero attached hydrogens (tertiary/aromatic N) is 1. The molecular weight excluding hydrogens is 514 g/mol. The molecule has 0 saturated heterocycles. The van der Waals surface area contributed by atoms with Gasteiger partial charge in [0.25, 0.3) is 0 Å². The van der Waals surface area contributed by atoms with Crippen molar-refractivity contribution in [2.45, 2.75) is 57.8 Å². The van der Waals surface area contributed by atoms with Crippen LogP contribution in [-0.2, 0) is 36.8 Å². The number of hydrogen-bond donors (Lipinski definition) is 7. The van der Waals surface area contributed by atoms with E-state index < -0.39 is 60.2 Å². The lowest BCUT2D eigenvalue weighted by molar-refractivity contribution is -0.132. The summed E-state index contributed by atoms with van der Waals surface area (Å²) in [5.41, 5.74) is 6.70. The summed E-state index contributed by atoms with van der Waals surface area (Å²) in [5.74, 6) is -3.05. The third-order valence-corrected chi connectivity index (χ3v) is 6.77. The minimum absolute atomic E-state index is 0.0441. The molecular formula is C24H31N7O6S. The number of benzene rings is 1. The standard InChI is InChI=1S/C24H31N7O6S/c1-11-21(35)26-10-19(33)31-17(20(25)34)7-14-4-5-18(32)15(6-14)8-16-9-27-24(38-16)30-13(3)23(37)29-12(2)22(36)28-11/h4-6,9,11-13,17,32H,7-8,10H2,1-3H3,(H2,25,34)(H,26,35)(H,27,30)(H,28,36)(H,29,37)(H,31,33)/t11-,12-,13-,17-/m0/s1. The van der Waals surface area contributed by atoms with Gasteiger partial charge in [0.05, 0.1) is 6.54 Å². The van der Waals surface area contributed by atoms with Gasteiger partial charge >= 0.3 is 0 Å². The first-order chi connectivity index (χ1) is 17.9. The van der Waals surface area contributed by atoms with Crippen molar-refractivity contribution in [1.82, 2.24) is 26.3 Å². The molecule has 0 unspecified atom stereocenters. The van der Waals surface area contributed by atoms with Crippen LogP contribution in [-0.4, -0.2) is 70.3 Å². The monoisotopic (exact) mass is 545 g/mol. The normalized spacial score (nSPS) is 23.9. The van der Waals surface area contributed by atoms with E-state index in [2.05, 4.69) is 31.6 Å². The van der Waals surface area contributed by atoms with Gasteiger partial charge < -0.3 is 37.4 Å². The number of amides is 5. The van der Waals surface area contributed by atoms with Crippen LogP contribution in [0.5, 0.6) is 5.75 Å². The van der Waals surface area contributed by atoms with E-state index in [0.717, 1.165) is 4.88 Å². The number of primary amides is 1. The minimum atomic E-state index is -1.06. The number of carbonyl (C=O) groups is 5. The number of aromatic hydroxyl groups is 1. The predicted molar refractivity (Wildman–Crippen MR) is 139 cm³/mol. The van der Waals surface area contributed by atoms with Gasteiger partial charge in [-0.15, -0.1) is 11.3 Å². The number of hydrogen-bond acceptors (Lipinski definition) is 9. The molecule has 204 valence electrons. The fourth-order valence-electron chi connectivity index (χ4n) is 3.63. The second-order valence-electron chi connectivity index (χ2n) is 9.04. The molecule has 2 heterocycles. The number of rotatable bonds is 1. The van der Waals surface area contributed by atoms with Gasteiger partial charge in [-0.05, 0) is 38.0 Å². The molecule has 4 bridgehead atoms. The van der Waals surface area contributed by atoms with E-state index in [1.807, 2.05) is 0 Å². The van der Waals surface area contributed by atoms with Crippen molar-refractivity contribution in [2.24, 2.45) is 5.73 Å². The van der Waals surface area contributed by atoms with Gasteiger partial charge in [0.15, 0.2) is 5.13 Å². The molecule has 13 nitrogen and oxygen atoms in total. The topological polar surface area (TPSA) is 205 Å². The van der Waals surface area contributed by atoms with Crippen LogP contribution in [0.4, 0.5) is 5.13 Å². The molecule has 2 aromatic rings. The molecule has 0 aliphatic carbocycles. The molecule has 8 N–H and O–H groups in total. The Bertz CT molecular complexity index is 1230. The second-order valence-corrected chi connectivity index (χ2v) is 10.2. The van der Waals surface area contributed by atoms with Gasteiger partial charge in [-0.25, -0.2) is 4.98 Å². The Labute approximate surface area is 223 Å². The maximum atomic E-state index is 12.6. The summed E-state index contributed by atoms with van der Waals surface area (Å²) in [6.45, 7) is 4.07. The van der Waals surface area contributed by atoms with E-state index in [9.17, 15) is 29.1 Å². The first kappa shape index (κ1) is 28.4. The van der Waals surface area contributed by atoms with E-state index in [0.29, 0.717) is 22.7 Å². The summed E-state index contributed by atoms with van der Waals surface area (Å²) in [5, 5.41) is 23.8. The predicted octanol–water partition coefficient (Wildman–Crippen LogP) is -1.11. The van der Waals surface area contributed by atoms with Crippen LogP contribution >= 0.6 is 11.3 Å². The summed E-state index contributed by atoms with van der Waals surface area (Å²) >= 11 is 1.29. The Morgan fingerprint density at radius 1 is 0.974 bits per heavy atom. The van der Waals surface area contributed by atoms with Crippen molar-refractivity contribution in [2.75, 3.05) is 11.9 Å². The quantitative estimate of drug-likeness (QED) is 0.233. The maximum absolute atomic E-state index is 12.6. The lowest BCUT2D eigenvalue weighted by Crippen LogP contribution is -2.54. The van der Waals surface area contributed by atoms with Gasteiger partial charge in [0.2, 0.25) is 29.5 Å². The maximum Gasteiger partial charge on any atom is 0.242 e. The average molecular weight is 546 g/mol. The highest BCUT2D eigenvalue weighted by atomic mass is 32.1. The summed E-state index contributed by atoms with van der Waals surface area (Å²) in [4.78, 5) is 66.9. The van der Waals surface area contributed by atoms with Crippen molar-refractivity contribution in [1.29, 1.82) is 0 Å². The Morgan fingerprint density at radius 3 is 2.26 bits per heavy atom. The summed E-state index contributed by atoms with van der Waals surface area (Å²) < 4.78 is 0. The molecule has 1 aromatic carbocycles. The lowest BCUT2D eigenvalue weighted by atomic mass is 10.0. The van der Waals surface area contributed by atoms with E-state index in [4.69, 9.17) is 5.73 Å². The summed E-state index contributed by atoms with van der Waals surface area (Å²) in [7, 11) is 0. The smallest absolute Gasteiger partial charge is 0.242 e. The van der Waals surface area contributed by atoms with Gasteiger partial charge in [-0.2, -0.15) is 0 Å². The molecule has 0 fully saturated rings. The number of fused-ring (bicyclic) bond motifs is 4. The van der Waals surface area contributed by atoms with Crippen LogP contribution in [0.1, 0.15) is 36.8 Å². The van der Waals surface area contributed by atoms with Gasteiger partial charge in [-0.1, -0.05) is 12.1 Å². The van der Waals surface area contributed by atoms with Crippen LogP contribution in [0.3, 0.4) is 0 Å². The minimum Gasteiger partial charge on any atom is -0.508 e. The Hall–Kier alpha value is -4.20. The lowest BCUT2D eigenvalue weighted by Gasteiger charge is -2.20. The van der Waals surface area contributed by atoms with Gasteiger partial charge in [0.1, 0.15) is 29.9 Å². The number of thiazole rings is 1. The third-order valence-electron chi connectivity index (χ3n) is 5.84. The zero-order chi connectivity index (χ0) is 28.0. The van der Waals surface area contributed by atoms with Crippen molar-refractivity contribution >= 4 is 46.0 Å². The fraction of sp³-hybridized carbons (Fsp3) is 0.417. The van der Waals surface area contributed by atoms with Crippen LogP contribution in [0.25, 0.3) is 0 Å². The fourth-order valence-corrected chi connectivity index (χ4v) is 4.56. The zero-order valence-corrected chi connectivity index (χ0v) is 22.0. The molecule has 38 heavy (non-hydrogen) atoms. The second kappa shape index (κ2) is 12.4. The first-order valence-corrected chi connectivity index (χ1v) is 12.7. The molecule has 1 aliphatic rings. The van der Waals surface area contributed by atoms with Crippen LogP contribution < -0.4 is 32.3 Å². The number of phenols is 1. The molecule has 5 amide bonds. The number of phenolic OH excluding ortho intramolecular Hbond substituents is 1. The highest BCUT2D eigenvalue weighted by Crippen LogP contribution is 2.27. The highest BCUT2D eigenvalue weighted by Gasteiger charge is 2.25. The van der Waals surface area contributed by atoms with Crippen molar-refractivity contribution < 1.29 is 29.1 Å². The molecule has 14 heteroatoms. The first-order valence-electron chi connectivity index (χ1n) is 11.9. The highest BCUT2D eigenvalue weighted by molar-refractivity contribution is 7.15. The number of anilines is 1. The third kappa shape index (κ3) is 7.65. The number of carbonyl (C=O) groups excluding carboxylic acids is 5. The van der Waals surface area contributed by atoms with Crippen LogP contribution in [0, 0.1) is 0 Å². The molecule has 4 atom stereocenters. The SMILES string of the molecule is C[C@@H]1NC(=O)[C@H](C)NC(=O)[C@H](C)Nc2ncc(s2)Cc2cc(ccc2O)C[C@@H](C(N)=O)NC(=O)CNC1=O. The largest absolute Gasteiger partial charge is 0.508 e. The average Bonchev–Trinajstić information content (AvgIpc) is 3.29. The van der Waals surface area contributed by atoms with Crippen molar-refractivity contribution in [3.8, 4) is 5.75 Å². The number of nitrogens with two attached hydrogens (primary N) is 1. The molecule has 3 rings (SSSR count). The Balaban J connectivity index is 1.87. The van der Waals surface area contributed by atoms with E-state index >= 15 is 0 Å². The molecule has 0 spiro atoms. The zero-order valence-electron chi connectivity index (χ0n) is 21.2. The Morgan fingerprint density at radius 2 is 1.61 bits per heavy atom. The van der Waals surface area contributed by atoms with E-state index in [1.54, 1.807) is 25.3 Å². The van der Waals surface area contributed by atoms with Crippen molar-refractivity contribution in [3.05, 3.63) is 40.4 Å².